The predicted octanol–water partition coefficient (Wildman–Crippen LogP) is 13.2. The van der Waals surface area contributed by atoms with Crippen molar-refractivity contribution in [2.75, 3.05) is 0 Å². The van der Waals surface area contributed by atoms with Gasteiger partial charge in [-0.2, -0.15) is 0 Å². The van der Waals surface area contributed by atoms with Crippen molar-refractivity contribution in [1.82, 2.24) is 15.0 Å². The highest BCUT2D eigenvalue weighted by Gasteiger charge is 2.19. The molecule has 0 atom stereocenters. The summed E-state index contributed by atoms with van der Waals surface area (Å²) in [6.45, 7) is 0. The largest absolute Gasteiger partial charge is 0.456 e. The molecular weight excluding hydrogens is 663 g/mol. The minimum absolute atomic E-state index is 0.582. The van der Waals surface area contributed by atoms with Crippen molar-refractivity contribution in [2.24, 2.45) is 0 Å². The molecule has 252 valence electrons. The van der Waals surface area contributed by atoms with Crippen LogP contribution in [0.3, 0.4) is 0 Å². The molecule has 11 rings (SSSR count). The van der Waals surface area contributed by atoms with Crippen LogP contribution in [0, 0.1) is 0 Å². The van der Waals surface area contributed by atoms with Gasteiger partial charge in [0.25, 0.3) is 0 Å². The average Bonchev–Trinajstić information content (AvgIpc) is 3.82. The number of rotatable bonds is 5. The van der Waals surface area contributed by atoms with Gasteiger partial charge in [-0.25, -0.2) is 15.0 Å². The van der Waals surface area contributed by atoms with Crippen LogP contribution in [-0.4, -0.2) is 15.0 Å². The van der Waals surface area contributed by atoms with E-state index in [-0.39, 0.29) is 0 Å². The third-order valence-electron chi connectivity index (χ3n) is 10.3. The molecule has 0 spiro atoms. The zero-order chi connectivity index (χ0) is 35.6. The molecule has 0 fully saturated rings. The molecule has 0 radical (unpaired) electrons. The molecule has 5 nitrogen and oxygen atoms in total. The Labute approximate surface area is 309 Å². The van der Waals surface area contributed by atoms with Crippen LogP contribution in [0.5, 0.6) is 0 Å². The Morgan fingerprint density at radius 1 is 0.296 bits per heavy atom. The van der Waals surface area contributed by atoms with E-state index in [0.29, 0.717) is 17.5 Å². The van der Waals surface area contributed by atoms with Gasteiger partial charge in [-0.05, 0) is 69.4 Å². The van der Waals surface area contributed by atoms with Gasteiger partial charge in [-0.3, -0.25) is 0 Å². The van der Waals surface area contributed by atoms with E-state index in [2.05, 4.69) is 133 Å². The SMILES string of the molecule is c1ccc(-c2ccc(-c3nc(-c4ccc5c(ccc6oc7ccccc7c65)c4)nc(-c4cccc5oc6cc(-c7ccccc7)ccc6c45)n3)cc2)cc1. The second-order valence-corrected chi connectivity index (χ2v) is 13.6. The Hall–Kier alpha value is -7.37. The van der Waals surface area contributed by atoms with Gasteiger partial charge in [0.05, 0.1) is 0 Å². The number of hydrogen-bond donors (Lipinski definition) is 0. The van der Waals surface area contributed by atoms with Crippen molar-refractivity contribution in [3.63, 3.8) is 0 Å². The van der Waals surface area contributed by atoms with E-state index in [1.807, 2.05) is 42.5 Å². The Morgan fingerprint density at radius 3 is 1.67 bits per heavy atom. The van der Waals surface area contributed by atoms with E-state index < -0.39 is 0 Å². The van der Waals surface area contributed by atoms with Crippen LogP contribution in [-0.2, 0) is 0 Å². The molecule has 0 saturated carbocycles. The van der Waals surface area contributed by atoms with Crippen molar-refractivity contribution >= 4 is 54.6 Å². The molecule has 0 saturated heterocycles. The molecule has 3 heterocycles. The molecule has 0 aliphatic rings. The summed E-state index contributed by atoms with van der Waals surface area (Å²) in [7, 11) is 0. The number of fused-ring (bicyclic) bond motifs is 8. The second kappa shape index (κ2) is 12.1. The molecule has 0 N–H and O–H groups in total. The Kier molecular flexibility index (Phi) is 6.79. The zero-order valence-electron chi connectivity index (χ0n) is 28.9. The standard InChI is InChI=1S/C49H29N3O2/c1-3-10-30(11-4-1)32-18-20-33(21-19-32)47-50-48(36-23-25-37-35(28-36)24-27-43-45(37)38-14-7-8-16-41(38)53-43)52-49(51-47)40-15-9-17-42-46(40)39-26-22-34(29-44(39)54-42)31-12-5-2-6-13-31/h1-29H. The van der Waals surface area contributed by atoms with E-state index in [0.717, 1.165) is 93.6 Å². The van der Waals surface area contributed by atoms with E-state index in [4.69, 9.17) is 23.8 Å². The average molecular weight is 692 g/mol. The first kappa shape index (κ1) is 30.3. The quantitative estimate of drug-likeness (QED) is 0.180. The number of aromatic nitrogens is 3. The summed E-state index contributed by atoms with van der Waals surface area (Å²) in [6, 6.07) is 60.4. The number of benzene rings is 8. The lowest BCUT2D eigenvalue weighted by atomic mass is 10.0. The highest BCUT2D eigenvalue weighted by molar-refractivity contribution is 6.19. The summed E-state index contributed by atoms with van der Waals surface area (Å²) < 4.78 is 12.7. The highest BCUT2D eigenvalue weighted by Crippen LogP contribution is 2.39. The summed E-state index contributed by atoms with van der Waals surface area (Å²) in [5, 5.41) is 6.40. The van der Waals surface area contributed by atoms with Crippen LogP contribution < -0.4 is 0 Å². The normalized spacial score (nSPS) is 11.7. The molecular formula is C49H29N3O2. The summed E-state index contributed by atoms with van der Waals surface area (Å²) in [4.78, 5) is 15.5. The first-order chi connectivity index (χ1) is 26.7. The number of para-hydroxylation sites is 1. The van der Waals surface area contributed by atoms with Gasteiger partial charge in [-0.1, -0.05) is 140 Å². The lowest BCUT2D eigenvalue weighted by Gasteiger charge is -2.11. The maximum atomic E-state index is 6.49. The third-order valence-corrected chi connectivity index (χ3v) is 10.3. The van der Waals surface area contributed by atoms with Gasteiger partial charge in [0.15, 0.2) is 17.5 Å². The summed E-state index contributed by atoms with van der Waals surface area (Å²) in [5.74, 6) is 1.78. The maximum absolute atomic E-state index is 6.49. The molecule has 0 amide bonds. The Balaban J connectivity index is 1.10. The van der Waals surface area contributed by atoms with Crippen molar-refractivity contribution in [3.05, 3.63) is 176 Å². The molecule has 54 heavy (non-hydrogen) atoms. The molecule has 0 bridgehead atoms. The summed E-state index contributed by atoms with van der Waals surface area (Å²) in [6.07, 6.45) is 0. The fourth-order valence-corrected chi connectivity index (χ4v) is 7.71. The van der Waals surface area contributed by atoms with Crippen molar-refractivity contribution in [2.45, 2.75) is 0 Å². The first-order valence-corrected chi connectivity index (χ1v) is 18.0. The Morgan fingerprint density at radius 2 is 0.852 bits per heavy atom. The van der Waals surface area contributed by atoms with Crippen LogP contribution in [0.25, 0.3) is 111 Å². The minimum atomic E-state index is 0.582. The maximum Gasteiger partial charge on any atom is 0.164 e. The number of nitrogens with zero attached hydrogens (tertiary/aromatic N) is 3. The van der Waals surface area contributed by atoms with Crippen LogP contribution >= 0.6 is 0 Å². The molecule has 11 aromatic rings. The minimum Gasteiger partial charge on any atom is -0.456 e. The molecule has 5 heteroatoms. The number of furan rings is 2. The fraction of sp³-hybridized carbons (Fsp3) is 0. The highest BCUT2D eigenvalue weighted by atomic mass is 16.3. The zero-order valence-corrected chi connectivity index (χ0v) is 28.9. The van der Waals surface area contributed by atoms with Crippen LogP contribution in [0.4, 0.5) is 0 Å². The van der Waals surface area contributed by atoms with E-state index in [1.165, 1.54) is 0 Å². The molecule has 8 aromatic carbocycles. The van der Waals surface area contributed by atoms with E-state index in [9.17, 15) is 0 Å². The van der Waals surface area contributed by atoms with Crippen molar-refractivity contribution in [3.8, 4) is 56.4 Å². The van der Waals surface area contributed by atoms with Gasteiger partial charge >= 0.3 is 0 Å². The van der Waals surface area contributed by atoms with Crippen LogP contribution in [0.2, 0.25) is 0 Å². The first-order valence-electron chi connectivity index (χ1n) is 18.0. The predicted molar refractivity (Wildman–Crippen MR) is 219 cm³/mol. The van der Waals surface area contributed by atoms with Crippen molar-refractivity contribution < 1.29 is 8.83 Å². The lowest BCUT2D eigenvalue weighted by molar-refractivity contribution is 0.669. The van der Waals surface area contributed by atoms with Gasteiger partial charge < -0.3 is 8.83 Å². The molecule has 0 unspecified atom stereocenters. The summed E-state index contributed by atoms with van der Waals surface area (Å²) >= 11 is 0. The molecule has 3 aromatic heterocycles. The fourth-order valence-electron chi connectivity index (χ4n) is 7.71. The van der Waals surface area contributed by atoms with E-state index in [1.54, 1.807) is 0 Å². The number of hydrogen-bond acceptors (Lipinski definition) is 5. The van der Waals surface area contributed by atoms with Crippen molar-refractivity contribution in [1.29, 1.82) is 0 Å². The van der Waals surface area contributed by atoms with E-state index >= 15 is 0 Å². The monoisotopic (exact) mass is 691 g/mol. The van der Waals surface area contributed by atoms with Gasteiger partial charge in [-0.15, -0.1) is 0 Å². The second-order valence-electron chi connectivity index (χ2n) is 13.6. The van der Waals surface area contributed by atoms with Gasteiger partial charge in [0.1, 0.15) is 22.3 Å². The van der Waals surface area contributed by atoms with Crippen LogP contribution in [0.15, 0.2) is 185 Å². The topological polar surface area (TPSA) is 65.0 Å². The van der Waals surface area contributed by atoms with Gasteiger partial charge in [0.2, 0.25) is 0 Å². The smallest absolute Gasteiger partial charge is 0.164 e. The third kappa shape index (κ3) is 4.98. The summed E-state index contributed by atoms with van der Waals surface area (Å²) in [5.41, 5.74) is 10.6. The molecule has 0 aliphatic carbocycles. The Bertz CT molecular complexity index is 3200. The van der Waals surface area contributed by atoms with Crippen LogP contribution in [0.1, 0.15) is 0 Å². The lowest BCUT2D eigenvalue weighted by Crippen LogP contribution is -2.00. The van der Waals surface area contributed by atoms with Gasteiger partial charge in [0, 0.05) is 38.2 Å². The molecule has 0 aliphatic heterocycles.